The Kier molecular flexibility index (Phi) is 3.12. The lowest BCUT2D eigenvalue weighted by atomic mass is 9.85. The molecule has 0 aliphatic carbocycles. The van der Waals surface area contributed by atoms with Crippen molar-refractivity contribution in [1.29, 1.82) is 0 Å². The summed E-state index contributed by atoms with van der Waals surface area (Å²) in [4.78, 5) is 0. The molecule has 0 saturated heterocycles. The fourth-order valence-electron chi connectivity index (χ4n) is 5.24. The minimum absolute atomic E-state index is 0.192. The third-order valence-electron chi connectivity index (χ3n) is 6.76. The van der Waals surface area contributed by atoms with E-state index in [2.05, 4.69) is 12.1 Å². The highest BCUT2D eigenvalue weighted by molar-refractivity contribution is 6.15. The van der Waals surface area contributed by atoms with Crippen molar-refractivity contribution in [3.05, 3.63) is 144 Å². The molecule has 7 aromatic rings. The largest absolute Gasteiger partial charge is 0.0629 e. The third kappa shape index (κ3) is 3.22. The second kappa shape index (κ2) is 8.11. The van der Waals surface area contributed by atoms with Crippen molar-refractivity contribution in [2.24, 2.45) is 0 Å². The van der Waals surface area contributed by atoms with Gasteiger partial charge in [-0.3, -0.25) is 0 Å². The minimum atomic E-state index is -0.392. The fraction of sp³-hybridized carbons (Fsp3) is 0.0286. The van der Waals surface area contributed by atoms with Gasteiger partial charge in [0.05, 0.1) is 11.0 Å². The molecule has 0 aliphatic heterocycles. The average Bonchev–Trinajstić information content (AvgIpc) is 3.04. The Morgan fingerprint density at radius 1 is 0.486 bits per heavy atom. The normalized spacial score (nSPS) is 14.7. The van der Waals surface area contributed by atoms with E-state index in [9.17, 15) is 0 Å². The molecule has 0 bridgehead atoms. The second-order valence-electron chi connectivity index (χ2n) is 8.70. The first-order valence-corrected chi connectivity index (χ1v) is 11.6. The zero-order valence-corrected chi connectivity index (χ0v) is 18.8. The lowest BCUT2D eigenvalue weighted by Gasteiger charge is -2.18. The van der Waals surface area contributed by atoms with E-state index in [-0.39, 0.29) is 64.2 Å². The van der Waals surface area contributed by atoms with Crippen molar-refractivity contribution < 1.29 is 11.0 Å². The molecule has 7 aromatic carbocycles. The van der Waals surface area contributed by atoms with Crippen LogP contribution in [-0.4, -0.2) is 0 Å². The molecule has 0 spiro atoms. The van der Waals surface area contributed by atoms with Gasteiger partial charge in [-0.05, 0) is 71.8 Å². The summed E-state index contributed by atoms with van der Waals surface area (Å²) in [6.07, 6.45) is 0.192. The lowest BCUT2D eigenvalue weighted by Crippen LogP contribution is -1.96. The molecule has 0 nitrogen and oxygen atoms in total. The van der Waals surface area contributed by atoms with Crippen LogP contribution < -0.4 is 0 Å². The Morgan fingerprint density at radius 2 is 1.03 bits per heavy atom. The van der Waals surface area contributed by atoms with Crippen LogP contribution in [-0.2, 0) is 6.42 Å². The number of fused-ring (bicyclic) bond motifs is 5. The summed E-state index contributed by atoms with van der Waals surface area (Å²) in [7, 11) is 0. The molecule has 0 atom stereocenters. The van der Waals surface area contributed by atoms with Crippen LogP contribution >= 0.6 is 0 Å². The Labute approximate surface area is 216 Å². The van der Waals surface area contributed by atoms with Crippen molar-refractivity contribution in [1.82, 2.24) is 0 Å². The van der Waals surface area contributed by atoms with Gasteiger partial charge in [0, 0.05) is 0 Å². The van der Waals surface area contributed by atoms with E-state index < -0.39 is 12.1 Å². The molecule has 0 heterocycles. The first kappa shape index (κ1) is 13.5. The zero-order valence-electron chi connectivity index (χ0n) is 26.8. The summed E-state index contributed by atoms with van der Waals surface area (Å²) in [6.45, 7) is 0. The maximum absolute atomic E-state index is 9.10. The molecule has 0 aliphatic rings. The van der Waals surface area contributed by atoms with Gasteiger partial charge >= 0.3 is 0 Å². The van der Waals surface area contributed by atoms with Crippen LogP contribution in [0.4, 0.5) is 0 Å². The van der Waals surface area contributed by atoms with Gasteiger partial charge in [0.2, 0.25) is 0 Å². The minimum Gasteiger partial charge on any atom is -0.0622 e. The van der Waals surface area contributed by atoms with Crippen LogP contribution in [0.25, 0.3) is 54.2 Å². The summed E-state index contributed by atoms with van der Waals surface area (Å²) < 4.78 is 70.6. The van der Waals surface area contributed by atoms with Crippen LogP contribution in [0.5, 0.6) is 0 Å². The monoisotopic (exact) mass is 452 g/mol. The molecule has 0 fully saturated rings. The van der Waals surface area contributed by atoms with Crippen molar-refractivity contribution >= 4 is 43.1 Å². The average molecular weight is 453 g/mol. The molecule has 0 unspecified atom stereocenters. The topological polar surface area (TPSA) is 0 Å². The number of benzene rings is 7. The second-order valence-corrected chi connectivity index (χ2v) is 8.70. The van der Waals surface area contributed by atoms with Crippen LogP contribution in [0.15, 0.2) is 133 Å². The number of hydrogen-bond acceptors (Lipinski definition) is 0. The summed E-state index contributed by atoms with van der Waals surface area (Å²) in [5, 5.41) is 5.11. The Morgan fingerprint density at radius 3 is 1.71 bits per heavy atom. The highest BCUT2D eigenvalue weighted by atomic mass is 14.2. The molecular formula is C35H24. The maximum atomic E-state index is 9.10. The first-order valence-electron chi connectivity index (χ1n) is 15.6. The quantitative estimate of drug-likeness (QED) is 0.185. The van der Waals surface area contributed by atoms with E-state index in [0.29, 0.717) is 16.7 Å². The SMILES string of the molecule is [2H]c1c([2H])c([2H])c2c(-c3ccccc3)c3c([2H])c([2H])c([2H])c([2H])c3c(Cc3cc4ccccc4c4ccccc34)c2c1[2H]. The highest BCUT2D eigenvalue weighted by Crippen LogP contribution is 2.41. The highest BCUT2D eigenvalue weighted by Gasteiger charge is 2.16. The van der Waals surface area contributed by atoms with Crippen molar-refractivity contribution in [2.45, 2.75) is 6.42 Å². The smallest absolute Gasteiger partial charge is 0.0622 e. The van der Waals surface area contributed by atoms with E-state index in [0.717, 1.165) is 27.1 Å². The third-order valence-corrected chi connectivity index (χ3v) is 6.76. The van der Waals surface area contributed by atoms with Gasteiger partial charge < -0.3 is 0 Å². The zero-order chi connectivity index (χ0) is 30.2. The van der Waals surface area contributed by atoms with Crippen LogP contribution in [0.3, 0.4) is 0 Å². The van der Waals surface area contributed by atoms with E-state index in [1.54, 1.807) is 24.3 Å². The number of hydrogen-bond donors (Lipinski definition) is 0. The van der Waals surface area contributed by atoms with E-state index >= 15 is 0 Å². The van der Waals surface area contributed by atoms with Crippen molar-refractivity contribution in [3.8, 4) is 11.1 Å². The maximum Gasteiger partial charge on any atom is 0.0629 e. The van der Waals surface area contributed by atoms with Crippen molar-refractivity contribution in [2.75, 3.05) is 0 Å². The molecule has 35 heavy (non-hydrogen) atoms. The van der Waals surface area contributed by atoms with Gasteiger partial charge in [0.1, 0.15) is 0 Å². The van der Waals surface area contributed by atoms with Gasteiger partial charge in [0.25, 0.3) is 0 Å². The Bertz CT molecular complexity index is 2210. The first-order chi connectivity index (χ1) is 20.7. The standard InChI is InChI=1S/C35H24/c1-2-12-24(13-3-1)35-32-20-10-8-18-30(32)34(31-19-9-11-21-33(31)35)23-26-22-25-14-4-5-15-27(25)29-17-7-6-16-28(26)29/h1-22H,23H2/i8D,9D,10D,11D,18D,19D,20D,21D. The summed E-state index contributed by atoms with van der Waals surface area (Å²) in [5.74, 6) is 0. The molecule has 0 saturated carbocycles. The predicted molar refractivity (Wildman–Crippen MR) is 151 cm³/mol. The van der Waals surface area contributed by atoms with Gasteiger partial charge in [0.15, 0.2) is 0 Å². The van der Waals surface area contributed by atoms with E-state index in [4.69, 9.17) is 11.0 Å². The summed E-state index contributed by atoms with van der Waals surface area (Å²) in [5.41, 5.74) is 2.32. The summed E-state index contributed by atoms with van der Waals surface area (Å²) in [6, 6.07) is 24.6. The molecule has 0 radical (unpaired) electrons. The van der Waals surface area contributed by atoms with Crippen molar-refractivity contribution in [3.63, 3.8) is 0 Å². The molecule has 0 N–H and O–H groups in total. The molecular weight excluding hydrogens is 420 g/mol. The van der Waals surface area contributed by atoms with E-state index in [1.165, 1.54) is 0 Å². The molecule has 0 amide bonds. The van der Waals surface area contributed by atoms with Gasteiger partial charge in [-0.1, -0.05) is 133 Å². The lowest BCUT2D eigenvalue weighted by molar-refractivity contribution is 1.26. The Balaban J connectivity index is 1.74. The van der Waals surface area contributed by atoms with Gasteiger partial charge in [-0.25, -0.2) is 0 Å². The predicted octanol–water partition coefficient (Wildman–Crippen LogP) is 9.56. The van der Waals surface area contributed by atoms with E-state index in [1.807, 2.05) is 48.5 Å². The molecule has 0 aromatic heterocycles. The van der Waals surface area contributed by atoms with Gasteiger partial charge in [-0.2, -0.15) is 0 Å². The van der Waals surface area contributed by atoms with Crippen LogP contribution in [0.2, 0.25) is 0 Å². The van der Waals surface area contributed by atoms with Crippen LogP contribution in [0, 0.1) is 0 Å². The molecule has 7 rings (SSSR count). The Hall–Kier alpha value is -4.42. The molecule has 0 heteroatoms. The fourth-order valence-corrected chi connectivity index (χ4v) is 5.24. The molecule has 164 valence electrons. The summed E-state index contributed by atoms with van der Waals surface area (Å²) >= 11 is 0. The van der Waals surface area contributed by atoms with Gasteiger partial charge in [-0.15, -0.1) is 0 Å². The number of rotatable bonds is 3. The van der Waals surface area contributed by atoms with Crippen LogP contribution in [0.1, 0.15) is 22.1 Å².